The van der Waals surface area contributed by atoms with Gasteiger partial charge in [0.25, 0.3) is 0 Å². The number of nitrogens with one attached hydrogen (secondary N) is 1. The number of fused-ring (bicyclic) bond motifs is 1. The van der Waals surface area contributed by atoms with E-state index in [1.807, 2.05) is 19.1 Å². The van der Waals surface area contributed by atoms with Crippen molar-refractivity contribution in [2.24, 2.45) is 0 Å². The summed E-state index contributed by atoms with van der Waals surface area (Å²) in [5, 5.41) is 10.5. The maximum absolute atomic E-state index is 13.2. The fourth-order valence-electron chi connectivity index (χ4n) is 3.42. The zero-order valence-electron chi connectivity index (χ0n) is 18.5. The fraction of sp³-hybridized carbons (Fsp3) is 0.231. The highest BCUT2D eigenvalue weighted by Gasteiger charge is 2.09. The molecule has 1 aromatic heterocycles. The highest BCUT2D eigenvalue weighted by molar-refractivity contribution is 6.35. The SMILES string of the molecule is CCCCc1ccc(Cl)cc1Cl.Cc1cc(C(=O)O)ccc1Cc1nc2ccc(F)cc2[nH]1. The van der Waals surface area contributed by atoms with Crippen molar-refractivity contribution in [3.63, 3.8) is 0 Å². The van der Waals surface area contributed by atoms with Gasteiger partial charge in [0.15, 0.2) is 0 Å². The molecule has 0 spiro atoms. The lowest BCUT2D eigenvalue weighted by Gasteiger charge is -2.05. The van der Waals surface area contributed by atoms with Gasteiger partial charge in [0.05, 0.1) is 16.6 Å². The Labute approximate surface area is 202 Å². The van der Waals surface area contributed by atoms with Gasteiger partial charge in [-0.25, -0.2) is 14.2 Å². The van der Waals surface area contributed by atoms with Crippen LogP contribution in [0.4, 0.5) is 4.39 Å². The third-order valence-corrected chi connectivity index (χ3v) is 5.84. The number of hydrogen-bond acceptors (Lipinski definition) is 2. The van der Waals surface area contributed by atoms with Gasteiger partial charge in [0, 0.05) is 16.5 Å². The van der Waals surface area contributed by atoms with Gasteiger partial charge in [-0.3, -0.25) is 0 Å². The zero-order valence-corrected chi connectivity index (χ0v) is 20.0. The summed E-state index contributed by atoms with van der Waals surface area (Å²) < 4.78 is 13.2. The van der Waals surface area contributed by atoms with Crippen LogP contribution in [-0.4, -0.2) is 21.0 Å². The maximum Gasteiger partial charge on any atom is 0.335 e. The molecule has 0 radical (unpaired) electrons. The number of rotatable bonds is 6. The van der Waals surface area contributed by atoms with E-state index in [9.17, 15) is 9.18 Å². The predicted octanol–water partition coefficient (Wildman–Crippen LogP) is 7.64. The normalized spacial score (nSPS) is 10.7. The first kappa shape index (κ1) is 24.7. The van der Waals surface area contributed by atoms with E-state index in [-0.39, 0.29) is 11.4 Å². The molecule has 4 nitrogen and oxygen atoms in total. The van der Waals surface area contributed by atoms with Gasteiger partial charge in [-0.2, -0.15) is 0 Å². The minimum atomic E-state index is -0.941. The quantitative estimate of drug-likeness (QED) is 0.294. The largest absolute Gasteiger partial charge is 0.478 e. The van der Waals surface area contributed by atoms with Crippen LogP contribution in [0.15, 0.2) is 54.6 Å². The summed E-state index contributed by atoms with van der Waals surface area (Å²) in [6.45, 7) is 4.04. The Morgan fingerprint density at radius 1 is 1.06 bits per heavy atom. The van der Waals surface area contributed by atoms with Crippen molar-refractivity contribution in [2.45, 2.75) is 39.5 Å². The second-order valence-corrected chi connectivity index (χ2v) is 8.65. The topological polar surface area (TPSA) is 66.0 Å². The van der Waals surface area contributed by atoms with E-state index >= 15 is 0 Å². The molecule has 4 rings (SSSR count). The lowest BCUT2D eigenvalue weighted by molar-refractivity contribution is 0.0696. The van der Waals surface area contributed by atoms with E-state index in [4.69, 9.17) is 28.3 Å². The summed E-state index contributed by atoms with van der Waals surface area (Å²) >= 11 is 11.7. The van der Waals surface area contributed by atoms with E-state index in [2.05, 4.69) is 16.9 Å². The number of nitrogens with zero attached hydrogens (tertiary/aromatic N) is 1. The van der Waals surface area contributed by atoms with Gasteiger partial charge in [0.1, 0.15) is 11.6 Å². The molecule has 0 aliphatic rings. The molecule has 0 saturated carbocycles. The summed E-state index contributed by atoms with van der Waals surface area (Å²) in [6, 6.07) is 15.1. The molecule has 172 valence electrons. The van der Waals surface area contributed by atoms with Crippen LogP contribution in [0.5, 0.6) is 0 Å². The van der Waals surface area contributed by atoms with Crippen LogP contribution in [-0.2, 0) is 12.8 Å². The minimum Gasteiger partial charge on any atom is -0.478 e. The van der Waals surface area contributed by atoms with Crippen LogP contribution in [0.2, 0.25) is 10.0 Å². The van der Waals surface area contributed by atoms with Crippen molar-refractivity contribution in [1.29, 1.82) is 0 Å². The molecule has 0 aliphatic heterocycles. The van der Waals surface area contributed by atoms with Gasteiger partial charge >= 0.3 is 5.97 Å². The third-order valence-electron chi connectivity index (χ3n) is 5.26. The molecular formula is C26H25Cl2FN2O2. The molecule has 0 unspecified atom stereocenters. The number of carboxylic acids is 1. The van der Waals surface area contributed by atoms with E-state index in [1.54, 1.807) is 30.3 Å². The number of imidazole rings is 1. The van der Waals surface area contributed by atoms with Crippen LogP contribution < -0.4 is 0 Å². The van der Waals surface area contributed by atoms with Gasteiger partial charge in [-0.15, -0.1) is 0 Å². The lowest BCUT2D eigenvalue weighted by Crippen LogP contribution is -2.00. The number of aromatic amines is 1. The first-order chi connectivity index (χ1) is 15.8. The molecule has 4 aromatic rings. The Kier molecular flexibility index (Phi) is 8.48. The van der Waals surface area contributed by atoms with Gasteiger partial charge in [-0.1, -0.05) is 48.7 Å². The molecule has 7 heteroatoms. The molecule has 0 fully saturated rings. The van der Waals surface area contributed by atoms with Crippen molar-refractivity contribution in [2.75, 3.05) is 0 Å². The fourth-order valence-corrected chi connectivity index (χ4v) is 3.92. The summed E-state index contributed by atoms with van der Waals surface area (Å²) in [5.41, 5.74) is 4.71. The minimum absolute atomic E-state index is 0.267. The molecule has 1 heterocycles. The van der Waals surface area contributed by atoms with Gasteiger partial charge < -0.3 is 10.1 Å². The molecule has 33 heavy (non-hydrogen) atoms. The van der Waals surface area contributed by atoms with Gasteiger partial charge in [-0.05, 0) is 78.9 Å². The van der Waals surface area contributed by atoms with E-state index in [0.717, 1.165) is 28.4 Å². The average Bonchev–Trinajstić information content (AvgIpc) is 3.16. The number of hydrogen-bond donors (Lipinski definition) is 2. The standard InChI is InChI=1S/C16H13FN2O2.C10H12Cl2/c1-9-6-11(16(20)21)3-2-10(9)7-15-18-13-5-4-12(17)8-14(13)19-15;1-2-3-4-8-5-6-9(11)7-10(8)12/h2-6,8H,7H2,1H3,(H,18,19)(H,20,21);5-7H,2-4H2,1H3. The molecule has 3 aromatic carbocycles. The number of aromatic nitrogens is 2. The summed E-state index contributed by atoms with van der Waals surface area (Å²) in [6.07, 6.45) is 3.97. The molecule has 0 saturated heterocycles. The summed E-state index contributed by atoms with van der Waals surface area (Å²) in [4.78, 5) is 18.4. The van der Waals surface area contributed by atoms with E-state index < -0.39 is 5.97 Å². The second-order valence-electron chi connectivity index (χ2n) is 7.81. The number of halogens is 3. The number of unbranched alkanes of at least 4 members (excludes halogenated alkanes) is 1. The van der Waals surface area contributed by atoms with Crippen molar-refractivity contribution < 1.29 is 14.3 Å². The third kappa shape index (κ3) is 6.80. The first-order valence-corrected chi connectivity index (χ1v) is 11.4. The molecule has 0 amide bonds. The van der Waals surface area contributed by atoms with Crippen LogP contribution in [0, 0.1) is 12.7 Å². The van der Waals surface area contributed by atoms with Crippen molar-refractivity contribution in [3.05, 3.63) is 98.5 Å². The maximum atomic E-state index is 13.2. The summed E-state index contributed by atoms with van der Waals surface area (Å²) in [7, 11) is 0. The molecule has 2 N–H and O–H groups in total. The Hall–Kier alpha value is -2.89. The Balaban J connectivity index is 0.000000218. The smallest absolute Gasteiger partial charge is 0.335 e. The van der Waals surface area contributed by atoms with E-state index in [0.29, 0.717) is 22.5 Å². The van der Waals surface area contributed by atoms with Crippen molar-refractivity contribution >= 4 is 40.2 Å². The number of benzene rings is 3. The predicted molar refractivity (Wildman–Crippen MR) is 132 cm³/mol. The molecular weight excluding hydrogens is 462 g/mol. The van der Waals surface area contributed by atoms with Crippen LogP contribution >= 0.6 is 23.2 Å². The molecule has 0 aliphatic carbocycles. The van der Waals surface area contributed by atoms with E-state index in [1.165, 1.54) is 30.5 Å². The number of carboxylic acid groups (broad SMARTS) is 1. The zero-order chi connectivity index (χ0) is 24.0. The lowest BCUT2D eigenvalue weighted by atomic mass is 10.0. The van der Waals surface area contributed by atoms with Crippen LogP contribution in [0.1, 0.15) is 52.6 Å². The Morgan fingerprint density at radius 2 is 1.82 bits per heavy atom. The highest BCUT2D eigenvalue weighted by Crippen LogP contribution is 2.22. The van der Waals surface area contributed by atoms with Gasteiger partial charge in [0.2, 0.25) is 0 Å². The second kappa shape index (κ2) is 11.3. The molecule has 0 atom stereocenters. The number of H-pyrrole nitrogens is 1. The Bertz CT molecular complexity index is 1270. The highest BCUT2D eigenvalue weighted by atomic mass is 35.5. The number of carbonyl (C=O) groups is 1. The average molecular weight is 487 g/mol. The Morgan fingerprint density at radius 3 is 2.48 bits per heavy atom. The summed E-state index contributed by atoms with van der Waals surface area (Å²) in [5.74, 6) is -0.523. The van der Waals surface area contributed by atoms with Crippen LogP contribution in [0.25, 0.3) is 11.0 Å². The van der Waals surface area contributed by atoms with Crippen LogP contribution in [0.3, 0.4) is 0 Å². The van der Waals surface area contributed by atoms with Crippen molar-refractivity contribution in [1.82, 2.24) is 9.97 Å². The molecule has 0 bridgehead atoms. The number of aryl methyl sites for hydroxylation is 2. The van der Waals surface area contributed by atoms with Crippen molar-refractivity contribution in [3.8, 4) is 0 Å². The number of aromatic carboxylic acids is 1. The monoisotopic (exact) mass is 486 g/mol. The first-order valence-electron chi connectivity index (χ1n) is 10.7.